The van der Waals surface area contributed by atoms with Crippen molar-refractivity contribution < 1.29 is 9.90 Å². The quantitative estimate of drug-likeness (QED) is 0.908. The Morgan fingerprint density at radius 2 is 2.00 bits per heavy atom. The number of carbonyl (C=O) groups excluding carboxylic acids is 1. The summed E-state index contributed by atoms with van der Waals surface area (Å²) in [6.07, 6.45) is 1.14. The number of fused-ring (bicyclic) bond motifs is 1. The summed E-state index contributed by atoms with van der Waals surface area (Å²) < 4.78 is 2.07. The molecule has 3 rings (SSSR count). The minimum atomic E-state index is -0.242. The van der Waals surface area contributed by atoms with E-state index in [9.17, 15) is 9.90 Å². The smallest absolute Gasteiger partial charge is 0.242 e. The van der Waals surface area contributed by atoms with Gasteiger partial charge in [0.05, 0.1) is 6.10 Å². The molecule has 0 atom stereocenters. The number of aromatic nitrogens is 1. The van der Waals surface area contributed by atoms with E-state index in [1.807, 2.05) is 24.0 Å². The number of para-hydroxylation sites is 1. The second-order valence-electron chi connectivity index (χ2n) is 5.54. The normalized spacial score (nSPS) is 16.8. The van der Waals surface area contributed by atoms with E-state index in [-0.39, 0.29) is 12.0 Å². The fourth-order valence-corrected chi connectivity index (χ4v) is 2.91. The van der Waals surface area contributed by atoms with Crippen LogP contribution in [-0.2, 0) is 11.3 Å². The van der Waals surface area contributed by atoms with Gasteiger partial charge in [-0.3, -0.25) is 4.79 Å². The first kappa shape index (κ1) is 13.2. The van der Waals surface area contributed by atoms with E-state index in [0.717, 1.165) is 11.2 Å². The highest BCUT2D eigenvalue weighted by atomic mass is 16.3. The number of benzene rings is 1. The van der Waals surface area contributed by atoms with Gasteiger partial charge in [0.25, 0.3) is 0 Å². The molecule has 0 spiro atoms. The van der Waals surface area contributed by atoms with Gasteiger partial charge in [-0.05, 0) is 37.3 Å². The summed E-state index contributed by atoms with van der Waals surface area (Å²) in [4.78, 5) is 14.3. The minimum absolute atomic E-state index is 0.140. The van der Waals surface area contributed by atoms with E-state index in [0.29, 0.717) is 32.5 Å². The Hall–Kier alpha value is -1.81. The van der Waals surface area contributed by atoms with E-state index in [1.54, 1.807) is 0 Å². The lowest BCUT2D eigenvalue weighted by Gasteiger charge is -2.30. The van der Waals surface area contributed by atoms with Gasteiger partial charge in [0.2, 0.25) is 5.91 Å². The first-order chi connectivity index (χ1) is 9.65. The monoisotopic (exact) mass is 272 g/mol. The molecule has 1 fully saturated rings. The summed E-state index contributed by atoms with van der Waals surface area (Å²) in [7, 11) is 0. The molecule has 2 heterocycles. The molecule has 0 bridgehead atoms. The lowest BCUT2D eigenvalue weighted by atomic mass is 10.1. The van der Waals surface area contributed by atoms with Crippen molar-refractivity contribution in [1.82, 2.24) is 9.47 Å². The molecule has 4 heteroatoms. The molecule has 1 N–H and O–H groups in total. The lowest BCUT2D eigenvalue weighted by molar-refractivity contribution is -0.133. The van der Waals surface area contributed by atoms with Crippen molar-refractivity contribution in [3.63, 3.8) is 0 Å². The average Bonchev–Trinajstić information content (AvgIpc) is 2.76. The number of amides is 1. The summed E-state index contributed by atoms with van der Waals surface area (Å²) in [6, 6.07) is 10.2. The summed E-state index contributed by atoms with van der Waals surface area (Å²) in [5.41, 5.74) is 2.21. The Labute approximate surface area is 118 Å². The molecule has 1 amide bonds. The molecule has 1 aliphatic rings. The van der Waals surface area contributed by atoms with E-state index in [4.69, 9.17) is 0 Å². The summed E-state index contributed by atoms with van der Waals surface area (Å²) in [5, 5.41) is 10.7. The fraction of sp³-hybridized carbons (Fsp3) is 0.438. The van der Waals surface area contributed by atoms with Crippen LogP contribution in [0.15, 0.2) is 30.3 Å². The topological polar surface area (TPSA) is 45.5 Å². The number of aryl methyl sites for hydroxylation is 1. The van der Waals surface area contributed by atoms with Gasteiger partial charge in [-0.2, -0.15) is 0 Å². The van der Waals surface area contributed by atoms with Crippen molar-refractivity contribution in [2.24, 2.45) is 0 Å². The first-order valence-electron chi connectivity index (χ1n) is 7.16. The molecule has 0 aliphatic carbocycles. The largest absolute Gasteiger partial charge is 0.393 e. The number of aliphatic hydroxyl groups excluding tert-OH is 1. The molecule has 1 saturated heterocycles. The van der Waals surface area contributed by atoms with Gasteiger partial charge >= 0.3 is 0 Å². The van der Waals surface area contributed by atoms with Crippen LogP contribution in [0.1, 0.15) is 18.5 Å². The predicted octanol–water partition coefficient (Wildman–Crippen LogP) is 1.93. The van der Waals surface area contributed by atoms with Crippen LogP contribution < -0.4 is 0 Å². The van der Waals surface area contributed by atoms with Crippen LogP contribution in [0.3, 0.4) is 0 Å². The first-order valence-corrected chi connectivity index (χ1v) is 7.16. The highest BCUT2D eigenvalue weighted by Crippen LogP contribution is 2.20. The van der Waals surface area contributed by atoms with Crippen LogP contribution in [0, 0.1) is 6.92 Å². The van der Waals surface area contributed by atoms with Gasteiger partial charge in [-0.15, -0.1) is 0 Å². The van der Waals surface area contributed by atoms with Crippen LogP contribution in [0.4, 0.5) is 0 Å². The summed E-state index contributed by atoms with van der Waals surface area (Å²) in [5.74, 6) is 0.140. The summed E-state index contributed by atoms with van der Waals surface area (Å²) in [6.45, 7) is 3.75. The number of hydrogen-bond acceptors (Lipinski definition) is 2. The average molecular weight is 272 g/mol. The molecular weight excluding hydrogens is 252 g/mol. The molecule has 1 aliphatic heterocycles. The third-order valence-electron chi connectivity index (χ3n) is 4.13. The van der Waals surface area contributed by atoms with Crippen molar-refractivity contribution >= 4 is 16.8 Å². The Kier molecular flexibility index (Phi) is 3.49. The van der Waals surface area contributed by atoms with Crippen LogP contribution in [0.5, 0.6) is 0 Å². The van der Waals surface area contributed by atoms with Crippen molar-refractivity contribution in [3.05, 3.63) is 36.0 Å². The zero-order valence-corrected chi connectivity index (χ0v) is 11.7. The molecule has 106 valence electrons. The summed E-state index contributed by atoms with van der Waals surface area (Å²) >= 11 is 0. The maximum Gasteiger partial charge on any atom is 0.242 e. The van der Waals surface area contributed by atoms with Crippen molar-refractivity contribution in [3.8, 4) is 0 Å². The number of hydrogen-bond donors (Lipinski definition) is 1. The van der Waals surface area contributed by atoms with E-state index >= 15 is 0 Å². The van der Waals surface area contributed by atoms with E-state index < -0.39 is 0 Å². The highest BCUT2D eigenvalue weighted by Gasteiger charge is 2.22. The fourth-order valence-electron chi connectivity index (χ4n) is 2.91. The van der Waals surface area contributed by atoms with E-state index in [2.05, 4.69) is 22.8 Å². The maximum atomic E-state index is 12.4. The van der Waals surface area contributed by atoms with Crippen molar-refractivity contribution in [2.45, 2.75) is 32.4 Å². The minimum Gasteiger partial charge on any atom is -0.393 e. The number of aliphatic hydroxyl groups is 1. The zero-order chi connectivity index (χ0) is 14.1. The van der Waals surface area contributed by atoms with Gasteiger partial charge in [0, 0.05) is 24.3 Å². The molecule has 2 aromatic rings. The number of nitrogens with zero attached hydrogens (tertiary/aromatic N) is 2. The molecule has 0 saturated carbocycles. The predicted molar refractivity (Wildman–Crippen MR) is 78.5 cm³/mol. The highest BCUT2D eigenvalue weighted by molar-refractivity contribution is 5.84. The number of rotatable bonds is 2. The number of likely N-dealkylation sites (tertiary alicyclic amines) is 1. The Bertz CT molecular complexity index is 624. The van der Waals surface area contributed by atoms with Crippen LogP contribution in [0.25, 0.3) is 10.9 Å². The molecular formula is C16H20N2O2. The van der Waals surface area contributed by atoms with Crippen LogP contribution in [-0.4, -0.2) is 39.7 Å². The Balaban J connectivity index is 1.79. The van der Waals surface area contributed by atoms with Gasteiger partial charge in [-0.25, -0.2) is 0 Å². The molecule has 0 radical (unpaired) electrons. The number of carbonyl (C=O) groups is 1. The third-order valence-corrected chi connectivity index (χ3v) is 4.13. The van der Waals surface area contributed by atoms with Crippen LogP contribution >= 0.6 is 0 Å². The molecule has 1 aromatic carbocycles. The molecule has 4 nitrogen and oxygen atoms in total. The molecule has 1 aromatic heterocycles. The molecule has 0 unspecified atom stereocenters. The zero-order valence-electron chi connectivity index (χ0n) is 11.7. The van der Waals surface area contributed by atoms with Crippen molar-refractivity contribution in [1.29, 1.82) is 0 Å². The molecule has 20 heavy (non-hydrogen) atoms. The van der Waals surface area contributed by atoms with Gasteiger partial charge in [-0.1, -0.05) is 18.2 Å². The van der Waals surface area contributed by atoms with Gasteiger partial charge < -0.3 is 14.6 Å². The second-order valence-corrected chi connectivity index (χ2v) is 5.54. The van der Waals surface area contributed by atoms with E-state index in [1.165, 1.54) is 5.39 Å². The second kappa shape index (κ2) is 5.29. The third kappa shape index (κ3) is 2.43. The Morgan fingerprint density at radius 1 is 1.30 bits per heavy atom. The van der Waals surface area contributed by atoms with Gasteiger partial charge in [0.15, 0.2) is 0 Å². The SMILES string of the molecule is Cc1cc2ccccc2n1CC(=O)N1CCC(O)CC1. The van der Waals surface area contributed by atoms with Crippen LogP contribution in [0.2, 0.25) is 0 Å². The maximum absolute atomic E-state index is 12.4. The Morgan fingerprint density at radius 3 is 2.75 bits per heavy atom. The number of piperidine rings is 1. The van der Waals surface area contributed by atoms with Gasteiger partial charge in [0.1, 0.15) is 6.54 Å². The lowest BCUT2D eigenvalue weighted by Crippen LogP contribution is -2.41. The van der Waals surface area contributed by atoms with Crippen molar-refractivity contribution in [2.75, 3.05) is 13.1 Å². The standard InChI is InChI=1S/C16H20N2O2/c1-12-10-13-4-2-3-5-15(13)18(12)11-16(20)17-8-6-14(19)7-9-17/h2-5,10,14,19H,6-9,11H2,1H3.